The van der Waals surface area contributed by atoms with E-state index in [0.717, 1.165) is 12.8 Å². The third-order valence-corrected chi connectivity index (χ3v) is 2.24. The van der Waals surface area contributed by atoms with E-state index in [9.17, 15) is 5.11 Å². The third-order valence-electron chi connectivity index (χ3n) is 2.24. The van der Waals surface area contributed by atoms with Gasteiger partial charge in [0.25, 0.3) is 0 Å². The summed E-state index contributed by atoms with van der Waals surface area (Å²) in [5.41, 5.74) is 0. The lowest BCUT2D eigenvalue weighted by Crippen LogP contribution is -2.27. The third kappa shape index (κ3) is 8.81. The van der Waals surface area contributed by atoms with Crippen molar-refractivity contribution in [1.82, 2.24) is 0 Å². The molecular formula is C11H24O4. The van der Waals surface area contributed by atoms with E-state index < -0.39 is 5.79 Å². The van der Waals surface area contributed by atoms with Crippen molar-refractivity contribution in [2.75, 3.05) is 13.2 Å². The van der Waals surface area contributed by atoms with Gasteiger partial charge in [-0.05, 0) is 26.7 Å². The summed E-state index contributed by atoms with van der Waals surface area (Å²) < 4.78 is 5.45. The molecule has 0 fully saturated rings. The molecule has 0 aliphatic carbocycles. The smallest absolute Gasteiger partial charge is 0.196 e. The van der Waals surface area contributed by atoms with Crippen LogP contribution in [0.15, 0.2) is 0 Å². The highest BCUT2D eigenvalue weighted by molar-refractivity contribution is 4.51. The van der Waals surface area contributed by atoms with Crippen LogP contribution in [-0.4, -0.2) is 30.2 Å². The second-order valence-electron chi connectivity index (χ2n) is 3.88. The van der Waals surface area contributed by atoms with E-state index in [1.165, 1.54) is 0 Å². The van der Waals surface area contributed by atoms with Crippen LogP contribution in [0.5, 0.6) is 0 Å². The standard InChI is InChI=1S/C11H24O4/c1-5-10(3)13-8-7-9-14-15-11(4,12)6-2/h10,12H,5-9H2,1-4H3. The summed E-state index contributed by atoms with van der Waals surface area (Å²) >= 11 is 0. The first kappa shape index (κ1) is 14.8. The van der Waals surface area contributed by atoms with Crippen molar-refractivity contribution in [3.05, 3.63) is 0 Å². The molecule has 0 amide bonds. The van der Waals surface area contributed by atoms with Crippen LogP contribution in [0.25, 0.3) is 0 Å². The average Bonchev–Trinajstić information content (AvgIpc) is 2.22. The lowest BCUT2D eigenvalue weighted by Gasteiger charge is -2.19. The first-order chi connectivity index (χ1) is 7.02. The van der Waals surface area contributed by atoms with Gasteiger partial charge in [0, 0.05) is 13.0 Å². The fourth-order valence-electron chi connectivity index (χ4n) is 0.748. The zero-order valence-corrected chi connectivity index (χ0v) is 10.3. The first-order valence-corrected chi connectivity index (χ1v) is 5.66. The molecule has 92 valence electrons. The van der Waals surface area contributed by atoms with Gasteiger partial charge in [-0.2, -0.15) is 0 Å². The van der Waals surface area contributed by atoms with E-state index in [1.807, 2.05) is 13.8 Å². The molecule has 0 rings (SSSR count). The monoisotopic (exact) mass is 220 g/mol. The summed E-state index contributed by atoms with van der Waals surface area (Å²) in [4.78, 5) is 9.69. The van der Waals surface area contributed by atoms with Crippen molar-refractivity contribution >= 4 is 0 Å². The summed E-state index contributed by atoms with van der Waals surface area (Å²) in [5, 5.41) is 9.43. The lowest BCUT2D eigenvalue weighted by atomic mass is 10.3. The normalized spacial score (nSPS) is 17.4. The predicted octanol–water partition coefficient (Wildman–Crippen LogP) is 2.26. The molecule has 2 atom stereocenters. The summed E-state index contributed by atoms with van der Waals surface area (Å²) in [7, 11) is 0. The maximum absolute atomic E-state index is 9.43. The van der Waals surface area contributed by atoms with Crippen LogP contribution in [0.3, 0.4) is 0 Å². The van der Waals surface area contributed by atoms with Gasteiger partial charge >= 0.3 is 0 Å². The Hall–Kier alpha value is -0.160. The molecule has 0 spiro atoms. The van der Waals surface area contributed by atoms with E-state index in [-0.39, 0.29) is 0 Å². The first-order valence-electron chi connectivity index (χ1n) is 5.66. The summed E-state index contributed by atoms with van der Waals surface area (Å²) in [6.45, 7) is 8.62. The highest BCUT2D eigenvalue weighted by Crippen LogP contribution is 2.10. The number of ether oxygens (including phenoxy) is 1. The van der Waals surface area contributed by atoms with E-state index >= 15 is 0 Å². The molecule has 0 aromatic rings. The Morgan fingerprint density at radius 1 is 1.27 bits per heavy atom. The number of hydrogen-bond acceptors (Lipinski definition) is 4. The van der Waals surface area contributed by atoms with Gasteiger partial charge in [-0.3, -0.25) is 0 Å². The van der Waals surface area contributed by atoms with Crippen LogP contribution < -0.4 is 0 Å². The van der Waals surface area contributed by atoms with Gasteiger partial charge in [0.1, 0.15) is 0 Å². The predicted molar refractivity (Wildman–Crippen MR) is 58.3 cm³/mol. The van der Waals surface area contributed by atoms with Gasteiger partial charge in [0.2, 0.25) is 0 Å². The molecule has 0 heterocycles. The Labute approximate surface area is 92.5 Å². The molecule has 1 N–H and O–H groups in total. The molecule has 0 aliphatic rings. The largest absolute Gasteiger partial charge is 0.378 e. The van der Waals surface area contributed by atoms with Gasteiger partial charge in [-0.1, -0.05) is 13.8 Å². The molecule has 2 unspecified atom stereocenters. The van der Waals surface area contributed by atoms with Crippen LogP contribution in [0.1, 0.15) is 47.0 Å². The minimum Gasteiger partial charge on any atom is -0.378 e. The van der Waals surface area contributed by atoms with Crippen molar-refractivity contribution in [2.45, 2.75) is 58.8 Å². The maximum Gasteiger partial charge on any atom is 0.196 e. The highest BCUT2D eigenvalue weighted by Gasteiger charge is 2.18. The van der Waals surface area contributed by atoms with Crippen molar-refractivity contribution in [3.8, 4) is 0 Å². The van der Waals surface area contributed by atoms with Crippen molar-refractivity contribution in [3.63, 3.8) is 0 Å². The maximum atomic E-state index is 9.43. The van der Waals surface area contributed by atoms with E-state index in [4.69, 9.17) is 14.5 Å². The van der Waals surface area contributed by atoms with Crippen LogP contribution in [0.2, 0.25) is 0 Å². The zero-order valence-electron chi connectivity index (χ0n) is 10.3. The average molecular weight is 220 g/mol. The number of hydrogen-bond donors (Lipinski definition) is 1. The molecule has 0 saturated carbocycles. The summed E-state index contributed by atoms with van der Waals surface area (Å²) in [6, 6.07) is 0. The molecule has 4 nitrogen and oxygen atoms in total. The van der Waals surface area contributed by atoms with Gasteiger partial charge in [-0.15, -0.1) is 0 Å². The Morgan fingerprint density at radius 3 is 2.47 bits per heavy atom. The van der Waals surface area contributed by atoms with Crippen LogP contribution in [0, 0.1) is 0 Å². The molecule has 0 saturated heterocycles. The molecule has 0 bridgehead atoms. The molecule has 0 aromatic carbocycles. The fourth-order valence-corrected chi connectivity index (χ4v) is 0.748. The van der Waals surface area contributed by atoms with Crippen LogP contribution in [0.4, 0.5) is 0 Å². The van der Waals surface area contributed by atoms with E-state index in [2.05, 4.69) is 6.92 Å². The molecule has 4 heteroatoms. The van der Waals surface area contributed by atoms with Crippen LogP contribution >= 0.6 is 0 Å². The van der Waals surface area contributed by atoms with Gasteiger partial charge in [-0.25, -0.2) is 9.78 Å². The highest BCUT2D eigenvalue weighted by atomic mass is 17.2. The lowest BCUT2D eigenvalue weighted by molar-refractivity contribution is -0.414. The van der Waals surface area contributed by atoms with Crippen molar-refractivity contribution in [1.29, 1.82) is 0 Å². The van der Waals surface area contributed by atoms with E-state index in [0.29, 0.717) is 25.7 Å². The Bertz CT molecular complexity index is 148. The zero-order chi connectivity index (χ0) is 11.7. The molecule has 0 aliphatic heterocycles. The molecule has 15 heavy (non-hydrogen) atoms. The quantitative estimate of drug-likeness (QED) is 0.280. The Kier molecular flexibility index (Phi) is 7.96. The number of aliphatic hydroxyl groups is 1. The molecule has 0 aromatic heterocycles. The fraction of sp³-hybridized carbons (Fsp3) is 1.00. The van der Waals surface area contributed by atoms with E-state index in [1.54, 1.807) is 6.92 Å². The Morgan fingerprint density at radius 2 is 1.93 bits per heavy atom. The van der Waals surface area contributed by atoms with Crippen molar-refractivity contribution < 1.29 is 19.6 Å². The van der Waals surface area contributed by atoms with Crippen LogP contribution in [-0.2, 0) is 14.5 Å². The molecular weight excluding hydrogens is 196 g/mol. The van der Waals surface area contributed by atoms with Crippen molar-refractivity contribution in [2.24, 2.45) is 0 Å². The SMILES string of the molecule is CCC(C)OCCCOOC(C)(O)CC. The van der Waals surface area contributed by atoms with Gasteiger partial charge in [0.05, 0.1) is 12.7 Å². The Balaban J connectivity index is 3.25. The second-order valence-corrected chi connectivity index (χ2v) is 3.88. The summed E-state index contributed by atoms with van der Waals surface area (Å²) in [6.07, 6.45) is 2.58. The minimum atomic E-state index is -1.18. The molecule has 0 radical (unpaired) electrons. The minimum absolute atomic E-state index is 0.296. The van der Waals surface area contributed by atoms with Gasteiger partial charge < -0.3 is 9.84 Å². The topological polar surface area (TPSA) is 47.9 Å². The second kappa shape index (κ2) is 8.05. The number of rotatable bonds is 9. The van der Waals surface area contributed by atoms with Gasteiger partial charge in [0.15, 0.2) is 5.79 Å². The summed E-state index contributed by atoms with van der Waals surface area (Å²) in [5.74, 6) is -1.18.